The van der Waals surface area contributed by atoms with Gasteiger partial charge in [-0.3, -0.25) is 14.5 Å². The molecule has 6 nitrogen and oxygen atoms in total. The van der Waals surface area contributed by atoms with Crippen molar-refractivity contribution in [3.05, 3.63) is 119 Å². The van der Waals surface area contributed by atoms with Crippen molar-refractivity contribution in [1.82, 2.24) is 10.2 Å². The van der Waals surface area contributed by atoms with E-state index in [1.165, 1.54) is 16.7 Å². The van der Waals surface area contributed by atoms with Gasteiger partial charge in [0.1, 0.15) is 17.1 Å². The number of fused-ring (bicyclic) bond motifs is 1. The smallest absolute Gasteiger partial charge is 0.356 e. The maximum Gasteiger partial charge on any atom is 0.356 e. The number of nitrogens with zero attached hydrogens (tertiary/aromatic N) is 1. The van der Waals surface area contributed by atoms with E-state index >= 15 is 0 Å². The Morgan fingerprint density at radius 2 is 1.50 bits per heavy atom. The van der Waals surface area contributed by atoms with Crippen molar-refractivity contribution in [3.8, 4) is 0 Å². The molecular formula is C28H23ClN2O4S. The Morgan fingerprint density at radius 3 is 2.06 bits per heavy atom. The molecule has 2 amide bonds. The van der Waals surface area contributed by atoms with Crippen LogP contribution in [-0.4, -0.2) is 45.7 Å². The van der Waals surface area contributed by atoms with E-state index in [0.717, 1.165) is 11.1 Å². The SMILES string of the molecule is O=C(OC(c1ccccc1)c1ccccc1)C1=C(CCl)CS[C@H]2C(NC(=O)c3ccccc3)C(=O)N12. The molecule has 2 aliphatic rings. The minimum absolute atomic E-state index is 0.0936. The van der Waals surface area contributed by atoms with Crippen molar-refractivity contribution in [1.29, 1.82) is 0 Å². The molecule has 0 aliphatic carbocycles. The van der Waals surface area contributed by atoms with E-state index in [1.807, 2.05) is 66.7 Å². The molecule has 0 saturated carbocycles. The zero-order valence-electron chi connectivity index (χ0n) is 19.2. The first-order valence-corrected chi connectivity index (χ1v) is 13.1. The normalized spacial score (nSPS) is 18.9. The molecule has 0 bridgehead atoms. The van der Waals surface area contributed by atoms with E-state index < -0.39 is 23.5 Å². The highest BCUT2D eigenvalue weighted by Gasteiger charge is 2.54. The van der Waals surface area contributed by atoms with Gasteiger partial charge in [-0.15, -0.1) is 23.4 Å². The summed E-state index contributed by atoms with van der Waals surface area (Å²) >= 11 is 7.66. The lowest BCUT2D eigenvalue weighted by molar-refractivity contribution is -0.153. The number of nitrogens with one attached hydrogen (secondary N) is 1. The van der Waals surface area contributed by atoms with Gasteiger partial charge in [-0.1, -0.05) is 78.9 Å². The number of esters is 1. The van der Waals surface area contributed by atoms with Crippen molar-refractivity contribution in [3.63, 3.8) is 0 Å². The molecule has 1 unspecified atom stereocenters. The Morgan fingerprint density at radius 1 is 0.944 bits per heavy atom. The van der Waals surface area contributed by atoms with E-state index in [-0.39, 0.29) is 23.4 Å². The van der Waals surface area contributed by atoms with Gasteiger partial charge in [-0.2, -0.15) is 0 Å². The van der Waals surface area contributed by atoms with Crippen LogP contribution in [0.5, 0.6) is 0 Å². The van der Waals surface area contributed by atoms with Crippen LogP contribution >= 0.6 is 23.4 Å². The second kappa shape index (κ2) is 10.6. The standard InChI is InChI=1S/C28H23ClN2O4S/c29-16-21-17-36-27-22(30-25(32)20-14-8-3-9-15-20)26(33)31(27)23(21)28(34)35-24(18-10-4-1-5-11-18)19-12-6-2-7-13-19/h1-15,22,24,27H,16-17H2,(H,30,32)/t22?,27-/m0/s1. The summed E-state index contributed by atoms with van der Waals surface area (Å²) in [6.07, 6.45) is -0.651. The third kappa shape index (κ3) is 4.64. The summed E-state index contributed by atoms with van der Waals surface area (Å²) in [6.45, 7) is 0. The van der Waals surface area contributed by atoms with E-state index in [4.69, 9.17) is 16.3 Å². The summed E-state index contributed by atoms with van der Waals surface area (Å²) in [4.78, 5) is 40.8. The molecule has 0 aromatic heterocycles. The van der Waals surface area contributed by atoms with Crippen LogP contribution in [0.4, 0.5) is 0 Å². The van der Waals surface area contributed by atoms with Crippen LogP contribution in [0.1, 0.15) is 27.6 Å². The second-order valence-corrected chi connectivity index (χ2v) is 9.79. The summed E-state index contributed by atoms with van der Waals surface area (Å²) in [5.74, 6) is -0.756. The Kier molecular flexibility index (Phi) is 7.11. The average Bonchev–Trinajstić information content (AvgIpc) is 2.94. The molecular weight excluding hydrogens is 496 g/mol. The molecule has 8 heteroatoms. The third-order valence-corrected chi connectivity index (χ3v) is 7.82. The lowest BCUT2D eigenvalue weighted by Crippen LogP contribution is -2.70. The first-order chi connectivity index (χ1) is 17.6. The van der Waals surface area contributed by atoms with Crippen LogP contribution in [-0.2, 0) is 14.3 Å². The van der Waals surface area contributed by atoms with E-state index in [9.17, 15) is 14.4 Å². The maximum absolute atomic E-state index is 13.6. The number of hydrogen-bond acceptors (Lipinski definition) is 5. The highest BCUT2D eigenvalue weighted by Crippen LogP contribution is 2.42. The maximum atomic E-state index is 13.6. The minimum atomic E-state index is -0.735. The molecule has 1 saturated heterocycles. The van der Waals surface area contributed by atoms with Crippen LogP contribution in [0.3, 0.4) is 0 Å². The number of ether oxygens (including phenoxy) is 1. The van der Waals surface area contributed by atoms with Gasteiger partial charge in [0.25, 0.3) is 11.8 Å². The Labute approximate surface area is 218 Å². The number of benzene rings is 3. The zero-order chi connectivity index (χ0) is 25.1. The van der Waals surface area contributed by atoms with Gasteiger partial charge in [-0.25, -0.2) is 4.79 Å². The molecule has 2 atom stereocenters. The van der Waals surface area contributed by atoms with E-state index in [0.29, 0.717) is 16.9 Å². The highest BCUT2D eigenvalue weighted by molar-refractivity contribution is 8.00. The number of carbonyl (C=O) groups excluding carboxylic acids is 3. The van der Waals surface area contributed by atoms with Gasteiger partial charge in [0.2, 0.25) is 0 Å². The van der Waals surface area contributed by atoms with Crippen molar-refractivity contribution >= 4 is 41.1 Å². The molecule has 182 valence electrons. The highest BCUT2D eigenvalue weighted by atomic mass is 35.5. The monoisotopic (exact) mass is 518 g/mol. The van der Waals surface area contributed by atoms with Crippen LogP contribution in [0, 0.1) is 0 Å². The molecule has 1 fully saturated rings. The summed E-state index contributed by atoms with van der Waals surface area (Å²) < 4.78 is 6.03. The first-order valence-electron chi connectivity index (χ1n) is 11.5. The summed E-state index contributed by atoms with van der Waals surface area (Å²) in [5.41, 5.74) is 2.89. The lowest BCUT2D eigenvalue weighted by atomic mass is 10.0. The largest absolute Gasteiger partial charge is 0.448 e. The molecule has 2 heterocycles. The van der Waals surface area contributed by atoms with E-state index in [1.54, 1.807) is 24.3 Å². The molecule has 1 N–H and O–H groups in total. The fraction of sp³-hybridized carbons (Fsp3) is 0.179. The number of β-lactam (4-membered cyclic amide) rings is 1. The van der Waals surface area contributed by atoms with Gasteiger partial charge < -0.3 is 10.1 Å². The van der Waals surface area contributed by atoms with E-state index in [2.05, 4.69) is 5.32 Å². The summed E-state index contributed by atoms with van der Waals surface area (Å²) in [7, 11) is 0. The number of hydrogen-bond donors (Lipinski definition) is 1. The Hall–Kier alpha value is -3.55. The summed E-state index contributed by atoms with van der Waals surface area (Å²) in [5, 5.41) is 2.40. The number of amides is 2. The van der Waals surface area contributed by atoms with Crippen LogP contribution in [0.25, 0.3) is 0 Å². The summed E-state index contributed by atoms with van der Waals surface area (Å²) in [6, 6.07) is 26.9. The topological polar surface area (TPSA) is 75.7 Å². The fourth-order valence-corrected chi connectivity index (χ4v) is 6.01. The molecule has 5 rings (SSSR count). The molecule has 2 aliphatic heterocycles. The number of rotatable bonds is 7. The zero-order valence-corrected chi connectivity index (χ0v) is 20.7. The average molecular weight is 519 g/mol. The van der Waals surface area contributed by atoms with Crippen LogP contribution in [0.15, 0.2) is 102 Å². The minimum Gasteiger partial charge on any atom is -0.448 e. The van der Waals surface area contributed by atoms with Crippen LogP contribution in [0.2, 0.25) is 0 Å². The van der Waals surface area contributed by atoms with Gasteiger partial charge in [0.15, 0.2) is 6.10 Å². The van der Waals surface area contributed by atoms with Crippen molar-refractivity contribution in [2.75, 3.05) is 11.6 Å². The van der Waals surface area contributed by atoms with Crippen molar-refractivity contribution in [2.45, 2.75) is 17.5 Å². The molecule has 0 spiro atoms. The molecule has 3 aromatic carbocycles. The number of carbonyl (C=O) groups is 3. The van der Waals surface area contributed by atoms with Gasteiger partial charge >= 0.3 is 5.97 Å². The molecule has 0 radical (unpaired) electrons. The van der Waals surface area contributed by atoms with Gasteiger partial charge in [-0.05, 0) is 28.8 Å². The third-order valence-electron chi connectivity index (χ3n) is 6.15. The number of alkyl halides is 1. The fourth-order valence-electron chi connectivity index (χ4n) is 4.34. The van der Waals surface area contributed by atoms with Crippen LogP contribution < -0.4 is 5.32 Å². The lowest BCUT2D eigenvalue weighted by Gasteiger charge is -2.49. The second-order valence-electron chi connectivity index (χ2n) is 8.42. The van der Waals surface area contributed by atoms with Crippen molar-refractivity contribution < 1.29 is 19.1 Å². The quantitative estimate of drug-likeness (QED) is 0.283. The van der Waals surface area contributed by atoms with Gasteiger partial charge in [0.05, 0.1) is 0 Å². The predicted molar refractivity (Wildman–Crippen MR) is 139 cm³/mol. The van der Waals surface area contributed by atoms with Crippen molar-refractivity contribution in [2.24, 2.45) is 0 Å². The Bertz CT molecular complexity index is 1260. The molecule has 36 heavy (non-hydrogen) atoms. The number of halogens is 1. The molecule has 3 aromatic rings. The Balaban J connectivity index is 1.39. The van der Waals surface area contributed by atoms with Gasteiger partial charge in [0, 0.05) is 17.2 Å². The number of thioether (sulfide) groups is 1. The predicted octanol–water partition coefficient (Wildman–Crippen LogP) is 4.53. The first kappa shape index (κ1) is 24.2.